The minimum atomic E-state index is 0.490. The number of ether oxygens (including phenoxy) is 4. The zero-order chi connectivity index (χ0) is 19.1. The highest BCUT2D eigenvalue weighted by Crippen LogP contribution is 2.38. The maximum Gasteiger partial charge on any atom is 0.175 e. The van der Waals surface area contributed by atoms with E-state index in [9.17, 15) is 5.26 Å². The van der Waals surface area contributed by atoms with Crippen LogP contribution < -0.4 is 18.9 Å². The highest BCUT2D eigenvalue weighted by Gasteiger charge is 2.12. The zero-order valence-electron chi connectivity index (χ0n) is 15.1. The molecule has 0 atom stereocenters. The summed E-state index contributed by atoms with van der Waals surface area (Å²) in [6, 6.07) is 11.3. The monoisotopic (exact) mass is 417 g/mol. The summed E-state index contributed by atoms with van der Waals surface area (Å²) in [6.07, 6.45) is 1.78. The molecule has 0 fully saturated rings. The van der Waals surface area contributed by atoms with Gasteiger partial charge >= 0.3 is 0 Å². The fourth-order valence-corrected chi connectivity index (χ4v) is 3.03. The van der Waals surface area contributed by atoms with Crippen LogP contribution in [0.25, 0.3) is 11.6 Å². The topological polar surface area (TPSA) is 60.7 Å². The molecule has 26 heavy (non-hydrogen) atoms. The Balaban J connectivity index is 2.50. The second-order valence-electron chi connectivity index (χ2n) is 5.21. The van der Waals surface area contributed by atoms with Gasteiger partial charge in [-0.3, -0.25) is 0 Å². The molecule has 0 spiro atoms. The van der Waals surface area contributed by atoms with E-state index in [0.717, 1.165) is 15.6 Å². The Bertz CT molecular complexity index is 856. The Morgan fingerprint density at radius 3 is 2.31 bits per heavy atom. The lowest BCUT2D eigenvalue weighted by atomic mass is 10.0. The standard InChI is InChI=1S/C20H20BrNO4/c1-5-26-20-16(21)9-13(10-19(20)25-4)8-15(12-22)14-6-7-17(23-2)18(11-14)24-3/h6-11H,5H2,1-4H3/b15-8+. The third-order valence-electron chi connectivity index (χ3n) is 3.67. The van der Waals surface area contributed by atoms with Crippen LogP contribution in [0.5, 0.6) is 23.0 Å². The number of hydrogen-bond acceptors (Lipinski definition) is 5. The predicted molar refractivity (Wildman–Crippen MR) is 105 cm³/mol. The van der Waals surface area contributed by atoms with Crippen LogP contribution in [-0.2, 0) is 0 Å². The Morgan fingerprint density at radius 1 is 1.04 bits per heavy atom. The molecule has 2 aromatic carbocycles. The van der Waals surface area contributed by atoms with Crippen LogP contribution in [0.1, 0.15) is 18.1 Å². The normalized spacial score (nSPS) is 10.8. The summed E-state index contributed by atoms with van der Waals surface area (Å²) in [7, 11) is 4.71. The van der Waals surface area contributed by atoms with Crippen molar-refractivity contribution in [3.8, 4) is 29.1 Å². The minimum Gasteiger partial charge on any atom is -0.493 e. The first-order valence-electron chi connectivity index (χ1n) is 7.92. The highest BCUT2D eigenvalue weighted by molar-refractivity contribution is 9.10. The van der Waals surface area contributed by atoms with E-state index in [4.69, 9.17) is 18.9 Å². The molecule has 0 amide bonds. The molecule has 0 heterocycles. The van der Waals surface area contributed by atoms with Gasteiger partial charge in [-0.05, 0) is 70.4 Å². The zero-order valence-corrected chi connectivity index (χ0v) is 16.7. The number of rotatable bonds is 7. The van der Waals surface area contributed by atoms with Gasteiger partial charge in [0.2, 0.25) is 0 Å². The van der Waals surface area contributed by atoms with E-state index >= 15 is 0 Å². The largest absolute Gasteiger partial charge is 0.493 e. The number of benzene rings is 2. The smallest absolute Gasteiger partial charge is 0.175 e. The van der Waals surface area contributed by atoms with Crippen LogP contribution in [0.3, 0.4) is 0 Å². The molecule has 0 saturated heterocycles. The molecule has 5 nitrogen and oxygen atoms in total. The first kappa shape index (κ1) is 19.7. The van der Waals surface area contributed by atoms with Crippen LogP contribution in [-0.4, -0.2) is 27.9 Å². The number of allylic oxidation sites excluding steroid dienone is 1. The molecule has 0 bridgehead atoms. The summed E-state index contributed by atoms with van der Waals surface area (Å²) in [5, 5.41) is 9.61. The van der Waals surface area contributed by atoms with Gasteiger partial charge < -0.3 is 18.9 Å². The van der Waals surface area contributed by atoms with Crippen LogP contribution in [0.4, 0.5) is 0 Å². The second kappa shape index (κ2) is 9.16. The van der Waals surface area contributed by atoms with Crippen molar-refractivity contribution in [3.05, 3.63) is 45.9 Å². The Kier molecular flexibility index (Phi) is 6.93. The molecule has 2 rings (SSSR count). The third-order valence-corrected chi connectivity index (χ3v) is 4.26. The average Bonchev–Trinajstić information content (AvgIpc) is 2.67. The van der Waals surface area contributed by atoms with Crippen LogP contribution in [0, 0.1) is 11.3 Å². The van der Waals surface area contributed by atoms with Crippen LogP contribution >= 0.6 is 15.9 Å². The number of nitrogens with zero attached hydrogens (tertiary/aromatic N) is 1. The van der Waals surface area contributed by atoms with Crippen molar-refractivity contribution in [3.63, 3.8) is 0 Å². The van der Waals surface area contributed by atoms with Gasteiger partial charge in [-0.15, -0.1) is 0 Å². The van der Waals surface area contributed by atoms with E-state index < -0.39 is 0 Å². The summed E-state index contributed by atoms with van der Waals surface area (Å²) in [4.78, 5) is 0. The van der Waals surface area contributed by atoms with Crippen molar-refractivity contribution < 1.29 is 18.9 Å². The molecular formula is C20H20BrNO4. The minimum absolute atomic E-state index is 0.490. The van der Waals surface area contributed by atoms with Gasteiger partial charge in [-0.25, -0.2) is 0 Å². The van der Waals surface area contributed by atoms with Gasteiger partial charge in [0.25, 0.3) is 0 Å². The van der Waals surface area contributed by atoms with Gasteiger partial charge in [0.1, 0.15) is 0 Å². The quantitative estimate of drug-likeness (QED) is 0.471. The fraction of sp³-hybridized carbons (Fsp3) is 0.250. The van der Waals surface area contributed by atoms with Crippen molar-refractivity contribution in [2.24, 2.45) is 0 Å². The number of nitriles is 1. The average molecular weight is 418 g/mol. The molecular weight excluding hydrogens is 398 g/mol. The van der Waals surface area contributed by atoms with Crippen molar-refractivity contribution in [2.75, 3.05) is 27.9 Å². The number of halogens is 1. The first-order chi connectivity index (χ1) is 12.6. The molecule has 0 aliphatic rings. The maximum atomic E-state index is 9.61. The molecule has 0 aliphatic carbocycles. The third kappa shape index (κ3) is 4.30. The number of hydrogen-bond donors (Lipinski definition) is 0. The number of methoxy groups -OCH3 is 3. The summed E-state index contributed by atoms with van der Waals surface area (Å²) in [6.45, 7) is 2.43. The Labute approximate surface area is 161 Å². The van der Waals surface area contributed by atoms with Crippen molar-refractivity contribution in [1.82, 2.24) is 0 Å². The molecule has 136 valence electrons. The molecule has 0 N–H and O–H groups in total. The first-order valence-corrected chi connectivity index (χ1v) is 8.71. The van der Waals surface area contributed by atoms with Gasteiger partial charge in [0.05, 0.1) is 44.1 Å². The van der Waals surface area contributed by atoms with Gasteiger partial charge in [-0.1, -0.05) is 0 Å². The lowest BCUT2D eigenvalue weighted by Crippen LogP contribution is -1.97. The Hall–Kier alpha value is -2.65. The van der Waals surface area contributed by atoms with Crippen molar-refractivity contribution in [2.45, 2.75) is 6.92 Å². The van der Waals surface area contributed by atoms with E-state index in [1.54, 1.807) is 39.5 Å². The van der Waals surface area contributed by atoms with E-state index in [1.165, 1.54) is 0 Å². The predicted octanol–water partition coefficient (Wildman–Crippen LogP) is 4.94. The highest BCUT2D eigenvalue weighted by atomic mass is 79.9. The lowest BCUT2D eigenvalue weighted by Gasteiger charge is -2.12. The van der Waals surface area contributed by atoms with Gasteiger partial charge in [0, 0.05) is 0 Å². The van der Waals surface area contributed by atoms with Gasteiger partial charge in [-0.2, -0.15) is 5.26 Å². The van der Waals surface area contributed by atoms with E-state index in [2.05, 4.69) is 22.0 Å². The van der Waals surface area contributed by atoms with Gasteiger partial charge in [0.15, 0.2) is 23.0 Å². The molecule has 0 radical (unpaired) electrons. The summed E-state index contributed by atoms with van der Waals surface area (Å²) >= 11 is 3.50. The molecule has 0 aliphatic heterocycles. The summed E-state index contributed by atoms with van der Waals surface area (Å²) in [5.74, 6) is 2.41. The van der Waals surface area contributed by atoms with E-state index in [-0.39, 0.29) is 0 Å². The Morgan fingerprint density at radius 2 is 1.73 bits per heavy atom. The lowest BCUT2D eigenvalue weighted by molar-refractivity contribution is 0.309. The second-order valence-corrected chi connectivity index (χ2v) is 6.06. The molecule has 0 aromatic heterocycles. The van der Waals surface area contributed by atoms with Crippen LogP contribution in [0.15, 0.2) is 34.8 Å². The molecule has 2 aromatic rings. The SMILES string of the molecule is CCOc1c(Br)cc(/C=C(\C#N)c2ccc(OC)c(OC)c2)cc1OC. The van der Waals surface area contributed by atoms with Crippen molar-refractivity contribution in [1.29, 1.82) is 5.26 Å². The fourth-order valence-electron chi connectivity index (χ4n) is 2.46. The molecule has 6 heteroatoms. The van der Waals surface area contributed by atoms with E-state index in [1.807, 2.05) is 25.1 Å². The van der Waals surface area contributed by atoms with Crippen molar-refractivity contribution >= 4 is 27.6 Å². The molecule has 0 saturated carbocycles. The van der Waals surface area contributed by atoms with Crippen LogP contribution in [0.2, 0.25) is 0 Å². The van der Waals surface area contributed by atoms with E-state index in [0.29, 0.717) is 35.2 Å². The maximum absolute atomic E-state index is 9.61. The summed E-state index contributed by atoms with van der Waals surface area (Å²) < 4.78 is 22.3. The molecule has 0 unspecified atom stereocenters. The summed E-state index contributed by atoms with van der Waals surface area (Å²) in [5.41, 5.74) is 2.03.